The van der Waals surface area contributed by atoms with Crippen molar-refractivity contribution in [1.82, 2.24) is 15.0 Å². The number of benzene rings is 2. The largest absolute Gasteiger partial charge is 0.508 e. The van der Waals surface area contributed by atoms with E-state index in [1.54, 1.807) is 18.2 Å². The predicted molar refractivity (Wildman–Crippen MR) is 178 cm³/mol. The lowest BCUT2D eigenvalue weighted by Gasteiger charge is -2.29. The molecule has 0 bridgehead atoms. The van der Waals surface area contributed by atoms with Crippen LogP contribution in [-0.2, 0) is 27.3 Å². The molecule has 1 aromatic heterocycles. The number of aliphatic hydroxyl groups is 6. The van der Waals surface area contributed by atoms with Crippen molar-refractivity contribution in [2.75, 3.05) is 39.3 Å². The van der Waals surface area contributed by atoms with Crippen LogP contribution in [0.15, 0.2) is 66.8 Å². The van der Waals surface area contributed by atoms with Crippen molar-refractivity contribution in [2.45, 2.75) is 50.5 Å². The lowest BCUT2D eigenvalue weighted by atomic mass is 9.98. The molecule has 3 rings (SSSR count). The number of aliphatic hydroxyl groups excluding tert-OH is 6. The number of fused-ring (bicyclic) bond motifs is 1. The minimum absolute atomic E-state index is 0.0325. The average molecular weight is 675 g/mol. The third kappa shape index (κ3) is 9.62. The number of carbonyl (C=O) groups excluding carboxylic acids is 2. The number of ether oxygens (including phenoxy) is 1. The Labute approximate surface area is 278 Å². The van der Waals surface area contributed by atoms with Crippen LogP contribution in [0.1, 0.15) is 24.4 Å². The molecule has 2 aromatic carbocycles. The molecule has 0 saturated carbocycles. The molecule has 48 heavy (non-hydrogen) atoms. The molecule has 0 aliphatic heterocycles. The summed E-state index contributed by atoms with van der Waals surface area (Å²) in [7, 11) is 2.62. The molecule has 0 aliphatic rings. The molecule has 3 aromatic rings. The fourth-order valence-electron chi connectivity index (χ4n) is 4.97. The number of carbonyl (C=O) groups is 2. The number of nitrogens with zero attached hydrogens (tertiary/aromatic N) is 2. The van der Waals surface area contributed by atoms with E-state index < -0.39 is 56.3 Å². The maximum absolute atomic E-state index is 13.3. The van der Waals surface area contributed by atoms with E-state index in [0.29, 0.717) is 34.1 Å². The Morgan fingerprint density at radius 1 is 0.979 bits per heavy atom. The third-order valence-corrected chi connectivity index (χ3v) is 7.64. The number of hydrogen-bond donors (Lipinski definition) is 10. The van der Waals surface area contributed by atoms with Gasteiger partial charge in [-0.15, -0.1) is 13.2 Å². The van der Waals surface area contributed by atoms with E-state index in [4.69, 9.17) is 4.74 Å². The smallest absolute Gasteiger partial charge is 0.264 e. The molecule has 4 atom stereocenters. The van der Waals surface area contributed by atoms with Crippen molar-refractivity contribution in [3.8, 4) is 11.5 Å². The van der Waals surface area contributed by atoms with Crippen LogP contribution in [0.5, 0.6) is 11.5 Å². The molecular formula is C33H46N4O11. The molecule has 0 aliphatic carbocycles. The van der Waals surface area contributed by atoms with Gasteiger partial charge in [0.1, 0.15) is 36.1 Å². The van der Waals surface area contributed by atoms with Gasteiger partial charge in [0.15, 0.2) is 6.23 Å². The summed E-state index contributed by atoms with van der Waals surface area (Å²) in [5.74, 6) is -0.822. The van der Waals surface area contributed by atoms with Crippen molar-refractivity contribution >= 4 is 28.8 Å². The van der Waals surface area contributed by atoms with Crippen LogP contribution in [0.3, 0.4) is 0 Å². The van der Waals surface area contributed by atoms with Crippen molar-refractivity contribution in [2.24, 2.45) is 0 Å². The molecule has 1 amide bonds. The van der Waals surface area contributed by atoms with Gasteiger partial charge in [-0.05, 0) is 42.3 Å². The van der Waals surface area contributed by atoms with Crippen LogP contribution in [0.4, 0.5) is 5.69 Å². The van der Waals surface area contributed by atoms with E-state index in [-0.39, 0.29) is 35.6 Å². The molecule has 1 heterocycles. The normalized spacial score (nSPS) is 14.4. The predicted octanol–water partition coefficient (Wildman–Crippen LogP) is 0.0609. The second-order valence-electron chi connectivity index (χ2n) is 10.8. The lowest BCUT2D eigenvalue weighted by Crippen LogP contribution is -2.49. The maximum Gasteiger partial charge on any atom is 0.264 e. The number of likely N-dealkylation sites (N-methyl/N-ethyl adjacent to an activating group) is 1. The molecule has 264 valence electrons. The summed E-state index contributed by atoms with van der Waals surface area (Å²) in [6.45, 7) is 5.93. The van der Waals surface area contributed by atoms with Crippen LogP contribution in [0.25, 0.3) is 10.9 Å². The molecular weight excluding hydrogens is 628 g/mol. The number of hydrogen-bond acceptors (Lipinski definition) is 13. The highest BCUT2D eigenvalue weighted by Crippen LogP contribution is 2.31. The van der Waals surface area contributed by atoms with Gasteiger partial charge in [0.25, 0.3) is 5.91 Å². The van der Waals surface area contributed by atoms with Crippen LogP contribution in [0, 0.1) is 0 Å². The Morgan fingerprint density at radius 2 is 1.60 bits per heavy atom. The monoisotopic (exact) mass is 674 g/mol. The number of phenolic OH excluding ortho intramolecular Hbond substituents is 2. The highest BCUT2D eigenvalue weighted by molar-refractivity contribution is 5.99. The summed E-state index contributed by atoms with van der Waals surface area (Å²) < 4.78 is 6.30. The molecule has 0 radical (unpaired) electrons. The van der Waals surface area contributed by atoms with Crippen LogP contribution >= 0.6 is 0 Å². The minimum Gasteiger partial charge on any atom is -0.508 e. The van der Waals surface area contributed by atoms with Crippen molar-refractivity contribution < 1.29 is 55.2 Å². The first-order valence-corrected chi connectivity index (χ1v) is 14.9. The Morgan fingerprint density at radius 3 is 2.19 bits per heavy atom. The molecule has 15 heteroatoms. The fourth-order valence-corrected chi connectivity index (χ4v) is 4.97. The van der Waals surface area contributed by atoms with Crippen molar-refractivity contribution in [1.29, 1.82) is 0 Å². The van der Waals surface area contributed by atoms with E-state index in [9.17, 15) is 50.4 Å². The SMILES string of the molecule is C=C.COC(CO)C(O)C(O)C(O)n1c(CNc2cc(O)ccc2C/C(C(=O)N(C)NC(CO)CO)=C(\C)C=O)cc2ccc(O)cc21. The summed E-state index contributed by atoms with van der Waals surface area (Å²) in [6, 6.07) is 9.64. The molecule has 4 unspecified atom stereocenters. The van der Waals surface area contributed by atoms with Gasteiger partial charge >= 0.3 is 0 Å². The second kappa shape index (κ2) is 18.9. The first kappa shape index (κ1) is 39.9. The number of hydrazine groups is 1. The second-order valence-corrected chi connectivity index (χ2v) is 10.8. The number of amides is 1. The number of rotatable bonds is 17. The number of anilines is 1. The van der Waals surface area contributed by atoms with Gasteiger partial charge in [-0.3, -0.25) is 14.6 Å². The summed E-state index contributed by atoms with van der Waals surface area (Å²) in [6.07, 6.45) is -5.99. The van der Waals surface area contributed by atoms with E-state index >= 15 is 0 Å². The number of nitrogens with one attached hydrogen (secondary N) is 2. The number of aldehydes is 1. The Kier molecular flexibility index (Phi) is 15.7. The summed E-state index contributed by atoms with van der Waals surface area (Å²) in [5.41, 5.74) is 4.46. The quantitative estimate of drug-likeness (QED) is 0.0395. The summed E-state index contributed by atoms with van der Waals surface area (Å²) in [5, 5.41) is 86.1. The van der Waals surface area contributed by atoms with Gasteiger partial charge in [-0.1, -0.05) is 6.07 Å². The maximum atomic E-state index is 13.3. The van der Waals surface area contributed by atoms with Gasteiger partial charge < -0.3 is 55.5 Å². The average Bonchev–Trinajstić information content (AvgIpc) is 3.46. The van der Waals surface area contributed by atoms with Crippen molar-refractivity contribution in [3.63, 3.8) is 0 Å². The van der Waals surface area contributed by atoms with E-state index in [1.165, 1.54) is 49.9 Å². The molecule has 0 spiro atoms. The van der Waals surface area contributed by atoms with Crippen molar-refractivity contribution in [3.05, 3.63) is 78.0 Å². The standard InChI is InChI=1S/C31H42N4O11.C2H4/c1-17(13-36)24(30(44)34(2)33-20(14-37)15-38)9-18-4-6-22(40)10-25(18)32-12-21-8-19-5-7-23(41)11-26(19)35(21)31(45)29(43)28(42)27(16-39)46-3;1-2/h4-8,10-11,13,20,27-29,31-33,37-43,45H,9,12,14-16H2,1-3H3;1-2H2/b24-17-;. The number of phenols is 2. The number of aromatic nitrogens is 1. The molecule has 15 nitrogen and oxygen atoms in total. The summed E-state index contributed by atoms with van der Waals surface area (Å²) >= 11 is 0. The Hall–Kier alpha value is -4.32. The van der Waals surface area contributed by atoms with Gasteiger partial charge in [-0.2, -0.15) is 0 Å². The highest BCUT2D eigenvalue weighted by Gasteiger charge is 2.34. The van der Waals surface area contributed by atoms with Crippen LogP contribution < -0.4 is 10.7 Å². The highest BCUT2D eigenvalue weighted by atomic mass is 16.5. The summed E-state index contributed by atoms with van der Waals surface area (Å²) in [4.78, 5) is 25.1. The Bertz CT molecular complexity index is 1540. The third-order valence-electron chi connectivity index (χ3n) is 7.64. The van der Waals surface area contributed by atoms with Gasteiger partial charge in [0, 0.05) is 55.1 Å². The van der Waals surface area contributed by atoms with E-state index in [0.717, 1.165) is 5.01 Å². The van der Waals surface area contributed by atoms with Crippen LogP contribution in [-0.4, -0.2) is 121 Å². The first-order chi connectivity index (χ1) is 22.9. The zero-order chi connectivity index (χ0) is 36.1. The molecule has 10 N–H and O–H groups in total. The zero-order valence-electron chi connectivity index (χ0n) is 27.2. The number of allylic oxidation sites excluding steroid dienone is 1. The van der Waals surface area contributed by atoms with Gasteiger partial charge in [0.05, 0.1) is 37.9 Å². The zero-order valence-corrected chi connectivity index (χ0v) is 27.2. The topological polar surface area (TPSA) is 237 Å². The van der Waals surface area contributed by atoms with E-state index in [2.05, 4.69) is 23.9 Å². The van der Waals surface area contributed by atoms with E-state index in [1.807, 2.05) is 0 Å². The molecule has 0 fully saturated rings. The first-order valence-electron chi connectivity index (χ1n) is 14.9. The minimum atomic E-state index is -1.82. The van der Waals surface area contributed by atoms with Gasteiger partial charge in [-0.25, -0.2) is 5.43 Å². The van der Waals surface area contributed by atoms with Gasteiger partial charge in [0.2, 0.25) is 0 Å². The van der Waals surface area contributed by atoms with Crippen LogP contribution in [0.2, 0.25) is 0 Å². The lowest BCUT2D eigenvalue weighted by molar-refractivity contribution is -0.142. The Balaban J connectivity index is 0.00000392. The molecule has 0 saturated heterocycles. The number of aromatic hydroxyl groups is 2. The number of methoxy groups -OCH3 is 1. The fraction of sp³-hybridized carbons (Fsp3) is 0.394.